The molecule has 2 fully saturated rings. The molecule has 0 bridgehead atoms. The minimum absolute atomic E-state index is 0.0278. The van der Waals surface area contributed by atoms with E-state index >= 15 is 0 Å². The summed E-state index contributed by atoms with van der Waals surface area (Å²) in [5.74, 6) is 1.50. The number of amides is 2. The number of ether oxygens (including phenoxy) is 1. The molecule has 2 aromatic carbocycles. The van der Waals surface area contributed by atoms with Crippen LogP contribution in [0.25, 0.3) is 0 Å². The topological polar surface area (TPSA) is 79.2 Å². The molecule has 2 aliphatic rings. The van der Waals surface area contributed by atoms with Crippen molar-refractivity contribution in [3.8, 4) is 5.75 Å². The van der Waals surface area contributed by atoms with Crippen LogP contribution in [0.3, 0.4) is 0 Å². The van der Waals surface area contributed by atoms with E-state index in [1.165, 1.54) is 12.1 Å². The number of rotatable bonds is 8. The van der Waals surface area contributed by atoms with Gasteiger partial charge in [0, 0.05) is 44.0 Å². The van der Waals surface area contributed by atoms with Crippen molar-refractivity contribution in [3.63, 3.8) is 0 Å². The van der Waals surface area contributed by atoms with Crippen molar-refractivity contribution in [1.82, 2.24) is 9.80 Å². The normalized spacial score (nSPS) is 17.9. The summed E-state index contributed by atoms with van der Waals surface area (Å²) in [6.07, 6.45) is 2.21. The number of anilines is 1. The molecule has 8 nitrogen and oxygen atoms in total. The summed E-state index contributed by atoms with van der Waals surface area (Å²) in [7, 11) is 0. The van der Waals surface area contributed by atoms with E-state index in [9.17, 15) is 14.9 Å². The molecular weight excluding hydrogens is 396 g/mol. The van der Waals surface area contributed by atoms with Crippen molar-refractivity contribution in [1.29, 1.82) is 0 Å². The predicted molar refractivity (Wildman–Crippen MR) is 119 cm³/mol. The molecule has 2 heterocycles. The fraction of sp³-hybridized carbons (Fsp3) is 0.435. The minimum atomic E-state index is -0.432. The Bertz CT molecular complexity index is 882. The maximum Gasteiger partial charge on any atom is 0.324 e. The number of hydrogen-bond donors (Lipinski definition) is 0. The molecule has 0 radical (unpaired) electrons. The van der Waals surface area contributed by atoms with Crippen LogP contribution in [0.1, 0.15) is 12.8 Å². The summed E-state index contributed by atoms with van der Waals surface area (Å²) in [5, 5.41) is 10.8. The number of likely N-dealkylation sites (tertiary alicyclic amines) is 1. The van der Waals surface area contributed by atoms with Crippen LogP contribution in [0.2, 0.25) is 0 Å². The smallest absolute Gasteiger partial charge is 0.324 e. The molecule has 0 atom stereocenters. The van der Waals surface area contributed by atoms with Crippen LogP contribution in [0.5, 0.6) is 5.75 Å². The Kier molecular flexibility index (Phi) is 6.66. The Hall–Kier alpha value is -3.13. The van der Waals surface area contributed by atoms with Gasteiger partial charge in [-0.15, -0.1) is 0 Å². The van der Waals surface area contributed by atoms with Gasteiger partial charge in [-0.3, -0.25) is 15.0 Å². The lowest BCUT2D eigenvalue weighted by Gasteiger charge is -2.32. The molecule has 8 heteroatoms. The van der Waals surface area contributed by atoms with E-state index in [1.54, 1.807) is 17.0 Å². The van der Waals surface area contributed by atoms with Crippen LogP contribution in [-0.2, 0) is 0 Å². The number of carbonyl (C=O) groups excluding carboxylic acids is 1. The maximum atomic E-state index is 12.8. The van der Waals surface area contributed by atoms with Crippen molar-refractivity contribution in [3.05, 3.63) is 64.7 Å². The number of benzene rings is 2. The Morgan fingerprint density at radius 3 is 2.32 bits per heavy atom. The zero-order valence-electron chi connectivity index (χ0n) is 17.6. The number of piperidine rings is 1. The van der Waals surface area contributed by atoms with Gasteiger partial charge < -0.3 is 14.5 Å². The van der Waals surface area contributed by atoms with Gasteiger partial charge >= 0.3 is 6.03 Å². The van der Waals surface area contributed by atoms with Crippen molar-refractivity contribution in [2.75, 3.05) is 50.8 Å². The second kappa shape index (κ2) is 9.78. The van der Waals surface area contributed by atoms with E-state index in [-0.39, 0.29) is 11.7 Å². The minimum Gasteiger partial charge on any atom is -0.493 e. The number of nitro groups is 1. The zero-order valence-corrected chi connectivity index (χ0v) is 17.6. The second-order valence-electron chi connectivity index (χ2n) is 8.10. The van der Waals surface area contributed by atoms with Gasteiger partial charge in [0.25, 0.3) is 5.69 Å². The molecule has 0 unspecified atom stereocenters. The zero-order chi connectivity index (χ0) is 21.6. The Balaban J connectivity index is 1.19. The fourth-order valence-corrected chi connectivity index (χ4v) is 4.15. The van der Waals surface area contributed by atoms with E-state index in [4.69, 9.17) is 4.74 Å². The third-order valence-electron chi connectivity index (χ3n) is 6.09. The van der Waals surface area contributed by atoms with Gasteiger partial charge in [0.1, 0.15) is 5.75 Å². The molecule has 2 saturated heterocycles. The van der Waals surface area contributed by atoms with Gasteiger partial charge in [-0.1, -0.05) is 18.2 Å². The number of urea groups is 1. The molecule has 0 spiro atoms. The first-order chi connectivity index (χ1) is 15.1. The molecule has 2 aliphatic heterocycles. The van der Waals surface area contributed by atoms with Crippen LogP contribution in [0, 0.1) is 16.0 Å². The molecular formula is C23H28N4O4. The Labute approximate surface area is 182 Å². The fourth-order valence-electron chi connectivity index (χ4n) is 4.15. The van der Waals surface area contributed by atoms with E-state index in [1.807, 2.05) is 35.2 Å². The summed E-state index contributed by atoms with van der Waals surface area (Å²) in [4.78, 5) is 29.1. The third kappa shape index (κ3) is 5.32. The molecule has 164 valence electrons. The summed E-state index contributed by atoms with van der Waals surface area (Å²) in [6, 6.07) is 16.1. The van der Waals surface area contributed by atoms with Crippen LogP contribution in [0.4, 0.5) is 16.2 Å². The van der Waals surface area contributed by atoms with Crippen LogP contribution in [-0.4, -0.2) is 66.6 Å². The molecule has 31 heavy (non-hydrogen) atoms. The number of non-ortho nitro benzene ring substituents is 1. The van der Waals surface area contributed by atoms with Gasteiger partial charge in [0.2, 0.25) is 0 Å². The Morgan fingerprint density at radius 1 is 0.935 bits per heavy atom. The molecule has 0 aromatic heterocycles. The number of hydrogen-bond acceptors (Lipinski definition) is 5. The van der Waals surface area contributed by atoms with Crippen molar-refractivity contribution in [2.45, 2.75) is 12.8 Å². The van der Waals surface area contributed by atoms with E-state index in [0.717, 1.165) is 44.8 Å². The first kappa shape index (κ1) is 21.1. The lowest BCUT2D eigenvalue weighted by molar-refractivity contribution is -0.384. The van der Waals surface area contributed by atoms with E-state index in [0.29, 0.717) is 31.2 Å². The highest BCUT2D eigenvalue weighted by Crippen LogP contribution is 2.24. The maximum absolute atomic E-state index is 12.8. The van der Waals surface area contributed by atoms with Crippen LogP contribution >= 0.6 is 0 Å². The monoisotopic (exact) mass is 424 g/mol. The second-order valence-corrected chi connectivity index (χ2v) is 8.10. The van der Waals surface area contributed by atoms with Crippen molar-refractivity contribution < 1.29 is 14.5 Å². The number of carbonyl (C=O) groups is 1. The molecule has 2 amide bonds. The summed E-state index contributed by atoms with van der Waals surface area (Å²) >= 11 is 0. The number of para-hydroxylation sites is 1. The largest absolute Gasteiger partial charge is 0.493 e. The van der Waals surface area contributed by atoms with Gasteiger partial charge in [0.05, 0.1) is 11.5 Å². The molecule has 2 aromatic rings. The summed E-state index contributed by atoms with van der Waals surface area (Å²) < 4.78 is 5.90. The highest BCUT2D eigenvalue weighted by molar-refractivity contribution is 5.94. The van der Waals surface area contributed by atoms with Gasteiger partial charge in [-0.2, -0.15) is 0 Å². The van der Waals surface area contributed by atoms with Gasteiger partial charge in [-0.25, -0.2) is 4.79 Å². The first-order valence-electron chi connectivity index (χ1n) is 10.8. The highest BCUT2D eigenvalue weighted by Gasteiger charge is 2.30. The van der Waals surface area contributed by atoms with E-state index in [2.05, 4.69) is 4.90 Å². The SMILES string of the molecule is O=C1N(CCN2CCC(COc3ccccc3)CC2)CCN1c1ccc([N+](=O)[O-])cc1. The molecule has 4 rings (SSSR count). The Morgan fingerprint density at radius 2 is 1.65 bits per heavy atom. The van der Waals surface area contributed by atoms with Crippen molar-refractivity contribution in [2.24, 2.45) is 5.92 Å². The highest BCUT2D eigenvalue weighted by atomic mass is 16.6. The first-order valence-corrected chi connectivity index (χ1v) is 10.8. The van der Waals surface area contributed by atoms with Crippen LogP contribution < -0.4 is 9.64 Å². The van der Waals surface area contributed by atoms with Gasteiger partial charge in [0.15, 0.2) is 0 Å². The standard InChI is InChI=1S/C23H28N4O4/c28-23-25(16-17-26(23)20-6-8-21(9-7-20)27(29)30)15-14-24-12-10-19(11-13-24)18-31-22-4-2-1-3-5-22/h1-9,19H,10-18H2. The lowest BCUT2D eigenvalue weighted by Crippen LogP contribution is -2.41. The lowest BCUT2D eigenvalue weighted by atomic mass is 9.98. The average molecular weight is 425 g/mol. The molecule has 0 N–H and O–H groups in total. The van der Waals surface area contributed by atoms with Gasteiger partial charge in [-0.05, 0) is 56.1 Å². The van der Waals surface area contributed by atoms with Crippen molar-refractivity contribution >= 4 is 17.4 Å². The predicted octanol–water partition coefficient (Wildman–Crippen LogP) is 3.63. The average Bonchev–Trinajstić information content (AvgIpc) is 3.18. The third-order valence-corrected chi connectivity index (χ3v) is 6.09. The summed E-state index contributed by atoms with van der Waals surface area (Å²) in [5.41, 5.74) is 0.738. The summed E-state index contributed by atoms with van der Waals surface area (Å²) in [6.45, 7) is 5.66. The quantitative estimate of drug-likeness (QED) is 0.478. The van der Waals surface area contributed by atoms with Crippen LogP contribution in [0.15, 0.2) is 54.6 Å². The number of nitro benzene ring substituents is 1. The van der Waals surface area contributed by atoms with E-state index < -0.39 is 4.92 Å². The molecule has 0 aliphatic carbocycles. The number of nitrogens with zero attached hydrogens (tertiary/aromatic N) is 4. The molecule has 0 saturated carbocycles.